The minimum absolute atomic E-state index is 0.207. The number of hydrogen-bond donors (Lipinski definition) is 0. The predicted molar refractivity (Wildman–Crippen MR) is 87.2 cm³/mol. The summed E-state index contributed by atoms with van der Waals surface area (Å²) in [7, 11) is 0. The second-order valence-corrected chi connectivity index (χ2v) is 6.56. The zero-order valence-electron chi connectivity index (χ0n) is 12.8. The van der Waals surface area contributed by atoms with Crippen LogP contribution in [0, 0.1) is 0 Å². The van der Waals surface area contributed by atoms with Crippen LogP contribution in [0.3, 0.4) is 0 Å². The second-order valence-electron chi connectivity index (χ2n) is 6.12. The largest absolute Gasteiger partial charge is 0.377 e. The molecule has 0 aliphatic carbocycles. The smallest absolute Gasteiger partial charge is 0.227 e. The Kier molecular flexibility index (Phi) is 5.34. The molecule has 2 fully saturated rings. The van der Waals surface area contributed by atoms with E-state index in [1.807, 2.05) is 29.2 Å². The van der Waals surface area contributed by atoms with Gasteiger partial charge in [0, 0.05) is 44.4 Å². The van der Waals surface area contributed by atoms with E-state index in [1.54, 1.807) is 0 Å². The first-order valence-electron chi connectivity index (χ1n) is 8.07. The SMILES string of the molecule is O=C(Cc1ccc(Cl)cc1)N1CCN(CC2CCCO2)CC1. The molecular formula is C17H23ClN2O2. The fourth-order valence-corrected chi connectivity index (χ4v) is 3.27. The Labute approximate surface area is 137 Å². The summed E-state index contributed by atoms with van der Waals surface area (Å²) >= 11 is 5.87. The molecule has 1 aromatic carbocycles. The van der Waals surface area contributed by atoms with Crippen LogP contribution in [0.15, 0.2) is 24.3 Å². The molecule has 2 aliphatic rings. The topological polar surface area (TPSA) is 32.8 Å². The van der Waals surface area contributed by atoms with Gasteiger partial charge in [-0.3, -0.25) is 9.69 Å². The highest BCUT2D eigenvalue weighted by Gasteiger charge is 2.24. The molecule has 0 radical (unpaired) electrons. The molecular weight excluding hydrogens is 300 g/mol. The van der Waals surface area contributed by atoms with E-state index in [9.17, 15) is 4.79 Å². The van der Waals surface area contributed by atoms with Crippen LogP contribution >= 0.6 is 11.6 Å². The third-order valence-corrected chi connectivity index (χ3v) is 4.73. The Morgan fingerprint density at radius 2 is 1.91 bits per heavy atom. The number of carbonyl (C=O) groups is 1. The van der Waals surface area contributed by atoms with Crippen molar-refractivity contribution in [2.24, 2.45) is 0 Å². The van der Waals surface area contributed by atoms with Crippen molar-refractivity contribution in [2.45, 2.75) is 25.4 Å². The average molecular weight is 323 g/mol. The van der Waals surface area contributed by atoms with E-state index in [0.29, 0.717) is 17.5 Å². The molecule has 120 valence electrons. The second kappa shape index (κ2) is 7.44. The molecule has 2 saturated heterocycles. The molecule has 4 nitrogen and oxygen atoms in total. The van der Waals surface area contributed by atoms with Gasteiger partial charge in [0.2, 0.25) is 5.91 Å². The lowest BCUT2D eigenvalue weighted by molar-refractivity contribution is -0.132. The first kappa shape index (κ1) is 15.8. The number of hydrogen-bond acceptors (Lipinski definition) is 3. The highest BCUT2D eigenvalue weighted by Crippen LogP contribution is 2.15. The van der Waals surface area contributed by atoms with Gasteiger partial charge in [-0.05, 0) is 30.5 Å². The Balaban J connectivity index is 1.44. The van der Waals surface area contributed by atoms with Crippen molar-refractivity contribution in [3.63, 3.8) is 0 Å². The average Bonchev–Trinajstić information content (AvgIpc) is 3.03. The minimum atomic E-state index is 0.207. The molecule has 1 aromatic rings. The molecule has 0 spiro atoms. The van der Waals surface area contributed by atoms with Gasteiger partial charge in [0.1, 0.15) is 0 Å². The van der Waals surface area contributed by atoms with Crippen LogP contribution in [-0.4, -0.2) is 61.1 Å². The quantitative estimate of drug-likeness (QED) is 0.852. The third kappa shape index (κ3) is 4.22. The van der Waals surface area contributed by atoms with Crippen molar-refractivity contribution in [2.75, 3.05) is 39.3 Å². The van der Waals surface area contributed by atoms with Crippen LogP contribution in [0.2, 0.25) is 5.02 Å². The number of halogens is 1. The zero-order valence-corrected chi connectivity index (χ0v) is 13.6. The number of benzene rings is 1. The van der Waals surface area contributed by atoms with Gasteiger partial charge in [0.15, 0.2) is 0 Å². The van der Waals surface area contributed by atoms with E-state index in [1.165, 1.54) is 12.8 Å². The maximum absolute atomic E-state index is 12.4. The number of carbonyl (C=O) groups excluding carboxylic acids is 1. The van der Waals surface area contributed by atoms with Crippen molar-refractivity contribution < 1.29 is 9.53 Å². The number of rotatable bonds is 4. The highest BCUT2D eigenvalue weighted by molar-refractivity contribution is 6.30. The number of piperazine rings is 1. The lowest BCUT2D eigenvalue weighted by atomic mass is 10.1. The van der Waals surface area contributed by atoms with Crippen molar-refractivity contribution in [3.8, 4) is 0 Å². The molecule has 22 heavy (non-hydrogen) atoms. The van der Waals surface area contributed by atoms with Crippen molar-refractivity contribution in [3.05, 3.63) is 34.9 Å². The molecule has 1 unspecified atom stereocenters. The molecule has 0 saturated carbocycles. The van der Waals surface area contributed by atoms with Crippen LogP contribution in [0.1, 0.15) is 18.4 Å². The fraction of sp³-hybridized carbons (Fsp3) is 0.588. The zero-order chi connectivity index (χ0) is 15.4. The van der Waals surface area contributed by atoms with E-state index in [-0.39, 0.29) is 5.91 Å². The third-order valence-electron chi connectivity index (χ3n) is 4.48. The van der Waals surface area contributed by atoms with Crippen LogP contribution in [0.5, 0.6) is 0 Å². The highest BCUT2D eigenvalue weighted by atomic mass is 35.5. The van der Waals surface area contributed by atoms with E-state index in [0.717, 1.165) is 44.9 Å². The standard InChI is InChI=1S/C17H23ClN2O2/c18-15-5-3-14(4-6-15)12-17(21)20-9-7-19(8-10-20)13-16-2-1-11-22-16/h3-6,16H,1-2,7-13H2. The monoisotopic (exact) mass is 322 g/mol. The van der Waals surface area contributed by atoms with Crippen LogP contribution in [-0.2, 0) is 16.0 Å². The summed E-state index contributed by atoms with van der Waals surface area (Å²) in [6.45, 7) is 5.46. The molecule has 1 amide bonds. The van der Waals surface area contributed by atoms with E-state index >= 15 is 0 Å². The van der Waals surface area contributed by atoms with Crippen molar-refractivity contribution in [1.82, 2.24) is 9.80 Å². The van der Waals surface area contributed by atoms with E-state index < -0.39 is 0 Å². The van der Waals surface area contributed by atoms with Crippen molar-refractivity contribution >= 4 is 17.5 Å². The summed E-state index contributed by atoms with van der Waals surface area (Å²) in [4.78, 5) is 16.7. The van der Waals surface area contributed by atoms with Gasteiger partial charge in [-0.2, -0.15) is 0 Å². The maximum Gasteiger partial charge on any atom is 0.227 e. The van der Waals surface area contributed by atoms with Gasteiger partial charge in [-0.25, -0.2) is 0 Å². The van der Waals surface area contributed by atoms with Gasteiger partial charge in [-0.1, -0.05) is 23.7 Å². The Hall–Kier alpha value is -1.10. The minimum Gasteiger partial charge on any atom is -0.377 e. The Morgan fingerprint density at radius 1 is 1.18 bits per heavy atom. The summed E-state index contributed by atoms with van der Waals surface area (Å²) in [6.07, 6.45) is 3.22. The van der Waals surface area contributed by atoms with Crippen LogP contribution in [0.4, 0.5) is 0 Å². The molecule has 1 atom stereocenters. The molecule has 2 heterocycles. The summed E-state index contributed by atoms with van der Waals surface area (Å²) in [5, 5.41) is 0.707. The van der Waals surface area contributed by atoms with Crippen LogP contribution < -0.4 is 0 Å². The van der Waals surface area contributed by atoms with E-state index in [4.69, 9.17) is 16.3 Å². The van der Waals surface area contributed by atoms with Gasteiger partial charge in [0.05, 0.1) is 12.5 Å². The summed E-state index contributed by atoms with van der Waals surface area (Å²) in [5.74, 6) is 0.207. The first-order chi connectivity index (χ1) is 10.7. The number of amides is 1. The fourth-order valence-electron chi connectivity index (χ4n) is 3.14. The predicted octanol–water partition coefficient (Wildman–Crippen LogP) is 2.21. The summed E-state index contributed by atoms with van der Waals surface area (Å²) < 4.78 is 5.69. The van der Waals surface area contributed by atoms with Gasteiger partial charge < -0.3 is 9.64 Å². The van der Waals surface area contributed by atoms with Gasteiger partial charge in [-0.15, -0.1) is 0 Å². The molecule has 2 aliphatic heterocycles. The van der Waals surface area contributed by atoms with Crippen molar-refractivity contribution in [1.29, 1.82) is 0 Å². The molecule has 5 heteroatoms. The lowest BCUT2D eigenvalue weighted by Crippen LogP contribution is -2.50. The van der Waals surface area contributed by atoms with E-state index in [2.05, 4.69) is 4.90 Å². The summed E-state index contributed by atoms with van der Waals surface area (Å²) in [6, 6.07) is 7.52. The molecule has 0 bridgehead atoms. The Morgan fingerprint density at radius 3 is 2.55 bits per heavy atom. The maximum atomic E-state index is 12.4. The summed E-state index contributed by atoms with van der Waals surface area (Å²) in [5.41, 5.74) is 1.02. The number of ether oxygens (including phenoxy) is 1. The molecule has 0 aromatic heterocycles. The van der Waals surface area contributed by atoms with Crippen LogP contribution in [0.25, 0.3) is 0 Å². The van der Waals surface area contributed by atoms with Gasteiger partial charge in [0.25, 0.3) is 0 Å². The van der Waals surface area contributed by atoms with Gasteiger partial charge >= 0.3 is 0 Å². The molecule has 3 rings (SSSR count). The lowest BCUT2D eigenvalue weighted by Gasteiger charge is -2.35. The number of nitrogens with zero attached hydrogens (tertiary/aromatic N) is 2. The first-order valence-corrected chi connectivity index (χ1v) is 8.45. The molecule has 0 N–H and O–H groups in total. The normalized spacial score (nSPS) is 23.0. The Bertz CT molecular complexity index is 492.